The molecule has 0 aliphatic carbocycles. The van der Waals surface area contributed by atoms with E-state index in [9.17, 15) is 0 Å². The first-order valence-electron chi connectivity index (χ1n) is 4.17. The first-order chi connectivity index (χ1) is 5.23. The average Bonchev–Trinajstić information content (AvgIpc) is 2.44. The van der Waals surface area contributed by atoms with Crippen molar-refractivity contribution in [2.75, 3.05) is 0 Å². The van der Waals surface area contributed by atoms with Gasteiger partial charge in [-0.15, -0.1) is 0 Å². The predicted molar refractivity (Wildman–Crippen MR) is 50.4 cm³/mol. The molecular formula is C9H20N2. The topological polar surface area (TPSA) is 28.7 Å². The molecule has 2 heteroatoms. The highest BCUT2D eigenvalue weighted by Crippen LogP contribution is 1.81. The molecule has 0 fully saturated rings. The van der Waals surface area contributed by atoms with E-state index < -0.39 is 0 Å². The monoisotopic (exact) mass is 156 g/mol. The molecule has 0 spiro atoms. The minimum atomic E-state index is 0.833. The molecule has 1 N–H and O–H groups in total. The van der Waals surface area contributed by atoms with Crippen molar-refractivity contribution in [1.82, 2.24) is 10.2 Å². The Hall–Kier alpha value is -0.790. The maximum Gasteiger partial charge on any atom is 0.0487 e. The van der Waals surface area contributed by atoms with Gasteiger partial charge >= 0.3 is 0 Å². The zero-order valence-electron chi connectivity index (χ0n) is 8.26. The van der Waals surface area contributed by atoms with Crippen molar-refractivity contribution < 1.29 is 0 Å². The standard InChI is InChI=1S/C4H10.C3H4N2.C2H6/c1-4(2)3;1-2-4-5-3-1;1-2/h4H,1-3H3;1-3H,(H,4,5);1-2H3. The van der Waals surface area contributed by atoms with Crippen molar-refractivity contribution >= 4 is 0 Å². The Morgan fingerprint density at radius 2 is 1.64 bits per heavy atom. The Morgan fingerprint density at radius 3 is 1.73 bits per heavy atom. The first-order valence-corrected chi connectivity index (χ1v) is 4.17. The van der Waals surface area contributed by atoms with Gasteiger partial charge in [-0.1, -0.05) is 34.6 Å². The van der Waals surface area contributed by atoms with Crippen LogP contribution in [-0.4, -0.2) is 10.2 Å². The van der Waals surface area contributed by atoms with Crippen LogP contribution >= 0.6 is 0 Å². The highest BCUT2D eigenvalue weighted by molar-refractivity contribution is 4.72. The number of aromatic nitrogens is 2. The summed E-state index contributed by atoms with van der Waals surface area (Å²) in [4.78, 5) is 0. The summed E-state index contributed by atoms with van der Waals surface area (Å²) in [6.07, 6.45) is 3.46. The van der Waals surface area contributed by atoms with Gasteiger partial charge in [0.1, 0.15) is 0 Å². The molecule has 0 unspecified atom stereocenters. The SMILES string of the molecule is CC.CC(C)C.c1cn[nH]c1. The Labute approximate surface area is 70.0 Å². The molecule has 0 atom stereocenters. The van der Waals surface area contributed by atoms with E-state index in [1.165, 1.54) is 0 Å². The summed E-state index contributed by atoms with van der Waals surface area (Å²) >= 11 is 0. The van der Waals surface area contributed by atoms with Crippen LogP contribution < -0.4 is 0 Å². The minimum Gasteiger partial charge on any atom is -0.286 e. The summed E-state index contributed by atoms with van der Waals surface area (Å²) < 4.78 is 0. The van der Waals surface area contributed by atoms with Crippen LogP contribution in [0.1, 0.15) is 34.6 Å². The lowest BCUT2D eigenvalue weighted by Crippen LogP contribution is -1.66. The summed E-state index contributed by atoms with van der Waals surface area (Å²) in [5.74, 6) is 0.833. The highest BCUT2D eigenvalue weighted by atomic mass is 15.1. The molecule has 11 heavy (non-hydrogen) atoms. The smallest absolute Gasteiger partial charge is 0.0487 e. The van der Waals surface area contributed by atoms with Gasteiger partial charge in [-0.05, 0) is 12.0 Å². The fourth-order valence-electron chi connectivity index (χ4n) is 0.215. The average molecular weight is 156 g/mol. The van der Waals surface area contributed by atoms with E-state index in [1.807, 2.05) is 19.9 Å². The number of aromatic amines is 1. The fourth-order valence-corrected chi connectivity index (χ4v) is 0.215. The molecule has 0 radical (unpaired) electrons. The Morgan fingerprint density at radius 1 is 1.18 bits per heavy atom. The maximum atomic E-state index is 3.60. The second-order valence-corrected chi connectivity index (χ2v) is 2.50. The highest BCUT2D eigenvalue weighted by Gasteiger charge is 1.68. The lowest BCUT2D eigenvalue weighted by Gasteiger charge is -1.79. The zero-order chi connectivity index (χ0) is 9.11. The fraction of sp³-hybridized carbons (Fsp3) is 0.667. The quantitative estimate of drug-likeness (QED) is 0.614. The Bertz CT molecular complexity index is 91.1. The van der Waals surface area contributed by atoms with Gasteiger partial charge < -0.3 is 0 Å². The van der Waals surface area contributed by atoms with Gasteiger partial charge in [0.2, 0.25) is 0 Å². The third-order valence-electron chi connectivity index (χ3n) is 0.406. The van der Waals surface area contributed by atoms with E-state index in [0.29, 0.717) is 0 Å². The van der Waals surface area contributed by atoms with Crippen LogP contribution in [0.4, 0.5) is 0 Å². The molecule has 0 aliphatic heterocycles. The molecule has 1 heterocycles. The molecule has 0 saturated heterocycles. The van der Waals surface area contributed by atoms with Gasteiger partial charge in [0.25, 0.3) is 0 Å². The second-order valence-electron chi connectivity index (χ2n) is 2.50. The molecule has 1 rings (SSSR count). The van der Waals surface area contributed by atoms with Crippen molar-refractivity contribution in [2.45, 2.75) is 34.6 Å². The summed E-state index contributed by atoms with van der Waals surface area (Å²) in [7, 11) is 0. The van der Waals surface area contributed by atoms with Gasteiger partial charge in [-0.25, -0.2) is 0 Å². The number of nitrogens with one attached hydrogen (secondary N) is 1. The van der Waals surface area contributed by atoms with Crippen LogP contribution in [0.15, 0.2) is 18.5 Å². The van der Waals surface area contributed by atoms with E-state index in [2.05, 4.69) is 31.0 Å². The molecule has 0 bridgehead atoms. The number of nitrogens with zero attached hydrogens (tertiary/aromatic N) is 1. The second kappa shape index (κ2) is 11.9. The third kappa shape index (κ3) is 27.0. The lowest BCUT2D eigenvalue weighted by molar-refractivity contribution is 0.737. The minimum absolute atomic E-state index is 0.833. The zero-order valence-corrected chi connectivity index (χ0v) is 8.26. The third-order valence-corrected chi connectivity index (χ3v) is 0.406. The van der Waals surface area contributed by atoms with Crippen LogP contribution in [0, 0.1) is 5.92 Å². The van der Waals surface area contributed by atoms with Crippen molar-refractivity contribution in [3.63, 3.8) is 0 Å². The maximum absolute atomic E-state index is 3.60. The summed E-state index contributed by atoms with van der Waals surface area (Å²) in [6, 6.07) is 1.83. The van der Waals surface area contributed by atoms with Gasteiger partial charge in [0.05, 0.1) is 0 Å². The first kappa shape index (κ1) is 12.8. The summed E-state index contributed by atoms with van der Waals surface area (Å²) in [5, 5.41) is 6.21. The molecule has 66 valence electrons. The van der Waals surface area contributed by atoms with Gasteiger partial charge in [-0.3, -0.25) is 5.10 Å². The molecule has 0 amide bonds. The van der Waals surface area contributed by atoms with Crippen molar-refractivity contribution in [1.29, 1.82) is 0 Å². The van der Waals surface area contributed by atoms with Crippen LogP contribution in [0.3, 0.4) is 0 Å². The molecule has 2 nitrogen and oxygen atoms in total. The Kier molecular flexibility index (Phi) is 13.9. The normalized spacial score (nSPS) is 7.45. The van der Waals surface area contributed by atoms with Crippen LogP contribution in [0.2, 0.25) is 0 Å². The van der Waals surface area contributed by atoms with E-state index in [1.54, 1.807) is 12.4 Å². The van der Waals surface area contributed by atoms with E-state index >= 15 is 0 Å². The van der Waals surface area contributed by atoms with Gasteiger partial charge in [0, 0.05) is 12.4 Å². The van der Waals surface area contributed by atoms with Crippen molar-refractivity contribution in [3.05, 3.63) is 18.5 Å². The van der Waals surface area contributed by atoms with Gasteiger partial charge in [-0.2, -0.15) is 5.10 Å². The van der Waals surface area contributed by atoms with E-state index in [-0.39, 0.29) is 0 Å². The van der Waals surface area contributed by atoms with Crippen LogP contribution in [0.5, 0.6) is 0 Å². The van der Waals surface area contributed by atoms with E-state index in [4.69, 9.17) is 0 Å². The summed E-state index contributed by atoms with van der Waals surface area (Å²) in [5.41, 5.74) is 0. The summed E-state index contributed by atoms with van der Waals surface area (Å²) in [6.45, 7) is 10.5. The number of H-pyrrole nitrogens is 1. The van der Waals surface area contributed by atoms with Crippen LogP contribution in [0.25, 0.3) is 0 Å². The van der Waals surface area contributed by atoms with Crippen LogP contribution in [-0.2, 0) is 0 Å². The number of hydrogen-bond donors (Lipinski definition) is 1. The van der Waals surface area contributed by atoms with Gasteiger partial charge in [0.15, 0.2) is 0 Å². The van der Waals surface area contributed by atoms with E-state index in [0.717, 1.165) is 5.92 Å². The number of hydrogen-bond acceptors (Lipinski definition) is 1. The Balaban J connectivity index is 0. The molecule has 1 aromatic heterocycles. The molecular weight excluding hydrogens is 136 g/mol. The number of rotatable bonds is 0. The predicted octanol–water partition coefficient (Wildman–Crippen LogP) is 3.10. The molecule has 0 saturated carbocycles. The largest absolute Gasteiger partial charge is 0.286 e. The molecule has 0 aliphatic rings. The lowest BCUT2D eigenvalue weighted by atomic mass is 10.3. The van der Waals surface area contributed by atoms with Crippen molar-refractivity contribution in [3.8, 4) is 0 Å². The molecule has 0 aromatic carbocycles. The van der Waals surface area contributed by atoms with Crippen molar-refractivity contribution in [2.24, 2.45) is 5.92 Å². The molecule has 1 aromatic rings.